The lowest BCUT2D eigenvalue weighted by molar-refractivity contribution is -0.887. The van der Waals surface area contributed by atoms with Gasteiger partial charge >= 0.3 is 17.9 Å². The Morgan fingerprint density at radius 2 is 0.966 bits per heavy atom. The van der Waals surface area contributed by atoms with Crippen molar-refractivity contribution in [3.05, 3.63) is 60.8 Å². The molecule has 0 bridgehead atoms. The van der Waals surface area contributed by atoms with E-state index in [2.05, 4.69) is 74.6 Å². The van der Waals surface area contributed by atoms with Crippen LogP contribution < -0.4 is 0 Å². The van der Waals surface area contributed by atoms with Gasteiger partial charge in [0, 0.05) is 19.3 Å². The third kappa shape index (κ3) is 38.5. The van der Waals surface area contributed by atoms with E-state index in [1.807, 2.05) is 21.1 Å². The number of likely N-dealkylation sites (N-methyl/N-ethyl adjacent to an activating group) is 1. The molecule has 1 N–H and O–H groups in total. The molecule has 0 aromatic heterocycles. The maximum atomic E-state index is 12.7. The van der Waals surface area contributed by atoms with Crippen LogP contribution >= 0.6 is 0 Å². The fourth-order valence-electron chi connectivity index (χ4n) is 6.60. The summed E-state index contributed by atoms with van der Waals surface area (Å²) in [6.45, 7) is 4.57. The van der Waals surface area contributed by atoms with E-state index >= 15 is 0 Å². The van der Waals surface area contributed by atoms with E-state index < -0.39 is 18.1 Å². The van der Waals surface area contributed by atoms with Crippen molar-refractivity contribution in [2.24, 2.45) is 0 Å². The standard InChI is InChI=1S/C50H87NO7/c1-6-8-10-12-14-16-18-20-22-24-26-28-30-32-34-36-38-40-48(52)57-45-46(44-56-43-42-47(50(54)55)51(3,4)5)58-49(53)41-39-37-35-33-31-29-27-25-23-21-19-17-15-13-11-9-7-2/h8,10,14,16,20,22,26,28,32,34,46-47H,6-7,9,11-13,15,17-19,21,23-25,27,29-31,33,35-45H2,1-5H3/p+1/b10-8+,16-14+,22-20+,28-26+,34-32+. The summed E-state index contributed by atoms with van der Waals surface area (Å²) >= 11 is 0. The lowest BCUT2D eigenvalue weighted by atomic mass is 10.0. The van der Waals surface area contributed by atoms with Gasteiger partial charge in [0.2, 0.25) is 0 Å². The topological polar surface area (TPSA) is 99.1 Å². The molecular weight excluding hydrogens is 727 g/mol. The van der Waals surface area contributed by atoms with E-state index in [0.717, 1.165) is 57.8 Å². The average molecular weight is 815 g/mol. The number of allylic oxidation sites excluding steroid dienone is 10. The summed E-state index contributed by atoms with van der Waals surface area (Å²) in [4.78, 5) is 37.0. The van der Waals surface area contributed by atoms with Gasteiger partial charge in [0.15, 0.2) is 12.1 Å². The van der Waals surface area contributed by atoms with E-state index in [-0.39, 0.29) is 42.7 Å². The first kappa shape index (κ1) is 55.0. The van der Waals surface area contributed by atoms with Crippen LogP contribution in [0.3, 0.4) is 0 Å². The zero-order valence-corrected chi connectivity index (χ0v) is 38.0. The number of carbonyl (C=O) groups is 3. The van der Waals surface area contributed by atoms with Gasteiger partial charge in [0.05, 0.1) is 34.4 Å². The number of quaternary nitrogens is 1. The highest BCUT2D eigenvalue weighted by Crippen LogP contribution is 2.15. The molecule has 0 aromatic rings. The van der Waals surface area contributed by atoms with Crippen LogP contribution in [0.25, 0.3) is 0 Å². The lowest BCUT2D eigenvalue weighted by Crippen LogP contribution is -2.50. The van der Waals surface area contributed by atoms with Gasteiger partial charge in [-0.25, -0.2) is 4.79 Å². The van der Waals surface area contributed by atoms with Crippen molar-refractivity contribution in [3.8, 4) is 0 Å². The van der Waals surface area contributed by atoms with E-state index in [9.17, 15) is 19.5 Å². The van der Waals surface area contributed by atoms with Crippen molar-refractivity contribution in [2.45, 2.75) is 199 Å². The lowest BCUT2D eigenvalue weighted by Gasteiger charge is -2.31. The number of ether oxygens (including phenoxy) is 3. The normalized spacial score (nSPS) is 13.5. The van der Waals surface area contributed by atoms with Gasteiger partial charge in [-0.3, -0.25) is 9.59 Å². The number of carboxylic acids is 1. The molecule has 0 aliphatic heterocycles. The number of rotatable bonds is 41. The summed E-state index contributed by atoms with van der Waals surface area (Å²) in [6, 6.07) is -0.624. The summed E-state index contributed by atoms with van der Waals surface area (Å²) in [5.74, 6) is -1.54. The van der Waals surface area contributed by atoms with E-state index in [0.29, 0.717) is 19.3 Å². The SMILES string of the molecule is CC/C=C/C/C=C/C/C=C/C/C=C/C/C=C/CCCC(=O)OCC(COCCC(C(=O)O)[N+](C)(C)C)OC(=O)CCCCCCCCCCCCCCCCCCC. The molecule has 8 heteroatoms. The van der Waals surface area contributed by atoms with Crippen molar-refractivity contribution in [2.75, 3.05) is 41.0 Å². The zero-order chi connectivity index (χ0) is 42.8. The maximum absolute atomic E-state index is 12.7. The molecule has 0 spiro atoms. The molecule has 2 atom stereocenters. The van der Waals surface area contributed by atoms with Crippen molar-refractivity contribution in [1.29, 1.82) is 0 Å². The van der Waals surface area contributed by atoms with Crippen molar-refractivity contribution in [3.63, 3.8) is 0 Å². The summed E-state index contributed by atoms with van der Waals surface area (Å²) in [5, 5.41) is 9.63. The second-order valence-corrected chi connectivity index (χ2v) is 16.6. The summed E-state index contributed by atoms with van der Waals surface area (Å²) < 4.78 is 17.3. The first-order valence-electron chi connectivity index (χ1n) is 23.3. The fraction of sp³-hybridized carbons (Fsp3) is 0.740. The highest BCUT2D eigenvalue weighted by atomic mass is 16.6. The molecule has 0 aliphatic rings. The van der Waals surface area contributed by atoms with Gasteiger partial charge in [0.25, 0.3) is 0 Å². The van der Waals surface area contributed by atoms with Crippen LogP contribution in [-0.2, 0) is 28.6 Å². The number of hydrogen-bond donors (Lipinski definition) is 1. The highest BCUT2D eigenvalue weighted by molar-refractivity contribution is 5.72. The van der Waals surface area contributed by atoms with E-state index in [1.54, 1.807) is 0 Å². The molecule has 0 saturated carbocycles. The summed E-state index contributed by atoms with van der Waals surface area (Å²) in [7, 11) is 5.51. The number of nitrogens with zero attached hydrogens (tertiary/aromatic N) is 1. The summed E-state index contributed by atoms with van der Waals surface area (Å²) in [5.41, 5.74) is 0. The van der Waals surface area contributed by atoms with Gasteiger partial charge in [0.1, 0.15) is 6.61 Å². The number of carbonyl (C=O) groups excluding carboxylic acids is 2. The van der Waals surface area contributed by atoms with E-state index in [1.165, 1.54) is 89.9 Å². The molecule has 8 nitrogen and oxygen atoms in total. The van der Waals surface area contributed by atoms with Crippen LogP contribution in [0.4, 0.5) is 0 Å². The Balaban J connectivity index is 4.39. The molecule has 0 amide bonds. The number of esters is 2. The quantitative estimate of drug-likeness (QED) is 0.0284. The van der Waals surface area contributed by atoms with Crippen molar-refractivity contribution in [1.82, 2.24) is 0 Å². The molecule has 58 heavy (non-hydrogen) atoms. The van der Waals surface area contributed by atoms with Crippen LogP contribution in [0.15, 0.2) is 60.8 Å². The third-order valence-electron chi connectivity index (χ3n) is 10.2. The van der Waals surface area contributed by atoms with Gasteiger partial charge in [-0.1, -0.05) is 177 Å². The molecule has 0 heterocycles. The predicted molar refractivity (Wildman–Crippen MR) is 243 cm³/mol. The second-order valence-electron chi connectivity index (χ2n) is 16.6. The predicted octanol–water partition coefficient (Wildman–Crippen LogP) is 13.0. The van der Waals surface area contributed by atoms with Gasteiger partial charge in [-0.2, -0.15) is 0 Å². The molecular formula is C50H88NO7+. The Morgan fingerprint density at radius 1 is 0.534 bits per heavy atom. The van der Waals surface area contributed by atoms with Crippen LogP contribution in [0.2, 0.25) is 0 Å². The van der Waals surface area contributed by atoms with Crippen molar-refractivity contribution < 1.29 is 38.2 Å². The van der Waals surface area contributed by atoms with Crippen LogP contribution in [0, 0.1) is 0 Å². The zero-order valence-electron chi connectivity index (χ0n) is 38.0. The Kier molecular flexibility index (Phi) is 38.7. The molecule has 0 aliphatic carbocycles. The van der Waals surface area contributed by atoms with Gasteiger partial charge < -0.3 is 23.8 Å². The van der Waals surface area contributed by atoms with Crippen LogP contribution in [0.5, 0.6) is 0 Å². The first-order valence-corrected chi connectivity index (χ1v) is 23.3. The van der Waals surface area contributed by atoms with E-state index in [4.69, 9.17) is 14.2 Å². The maximum Gasteiger partial charge on any atom is 0.362 e. The Labute approximate surface area is 356 Å². The Hall–Kier alpha value is -2.97. The third-order valence-corrected chi connectivity index (χ3v) is 10.2. The Bertz CT molecular complexity index is 1130. The smallest absolute Gasteiger partial charge is 0.362 e. The average Bonchev–Trinajstić information content (AvgIpc) is 3.18. The number of aliphatic carboxylic acids is 1. The van der Waals surface area contributed by atoms with Crippen molar-refractivity contribution >= 4 is 17.9 Å². The number of carboxylic acid groups (broad SMARTS) is 1. The summed E-state index contributed by atoms with van der Waals surface area (Å²) in [6.07, 6.45) is 49.9. The molecule has 0 saturated heterocycles. The van der Waals surface area contributed by atoms with Crippen LogP contribution in [0.1, 0.15) is 187 Å². The van der Waals surface area contributed by atoms with Gasteiger partial charge in [-0.05, 0) is 51.4 Å². The van der Waals surface area contributed by atoms with Crippen LogP contribution in [-0.4, -0.2) is 80.6 Å². The molecule has 0 radical (unpaired) electrons. The second kappa shape index (κ2) is 40.8. The minimum absolute atomic E-state index is 0.0432. The van der Waals surface area contributed by atoms with Gasteiger partial charge in [-0.15, -0.1) is 0 Å². The first-order chi connectivity index (χ1) is 28.1. The monoisotopic (exact) mass is 815 g/mol. The molecule has 0 aromatic carbocycles. The molecule has 0 fully saturated rings. The molecule has 2 unspecified atom stereocenters. The molecule has 0 rings (SSSR count). The fourth-order valence-corrected chi connectivity index (χ4v) is 6.60. The number of hydrogen-bond acceptors (Lipinski definition) is 6. The Morgan fingerprint density at radius 3 is 1.41 bits per heavy atom. The molecule has 334 valence electrons. The number of unbranched alkanes of at least 4 members (excludes halogenated alkanes) is 17. The highest BCUT2D eigenvalue weighted by Gasteiger charge is 2.31. The minimum Gasteiger partial charge on any atom is -0.477 e. The minimum atomic E-state index is -0.883. The largest absolute Gasteiger partial charge is 0.477 e.